The average Bonchev–Trinajstić information content (AvgIpc) is 3.49. The molecule has 4 rings (SSSR count). The van der Waals surface area contributed by atoms with Crippen LogP contribution in [0.1, 0.15) is 22.0 Å². The Labute approximate surface area is 195 Å². The molecular weight excluding hydrogens is 454 g/mol. The van der Waals surface area contributed by atoms with Crippen LogP contribution in [0.4, 0.5) is 15.9 Å². The number of amides is 1. The first-order valence-corrected chi connectivity index (χ1v) is 10.5. The van der Waals surface area contributed by atoms with Gasteiger partial charge in [-0.3, -0.25) is 9.69 Å². The van der Waals surface area contributed by atoms with Crippen molar-refractivity contribution in [3.05, 3.63) is 75.7 Å². The fraction of sp³-hybridized carbons (Fsp3) is 0.217. The zero-order valence-electron chi connectivity index (χ0n) is 17.6. The third-order valence-corrected chi connectivity index (χ3v) is 5.93. The normalized spacial score (nSPS) is 17.2. The van der Waals surface area contributed by atoms with Gasteiger partial charge in [0.05, 0.1) is 16.3 Å². The molecule has 2 unspecified atom stereocenters. The smallest absolute Gasteiger partial charge is 0.263 e. The lowest BCUT2D eigenvalue weighted by atomic mass is 10.0. The molecule has 2 N–H and O–H groups in total. The van der Waals surface area contributed by atoms with Crippen LogP contribution in [0.3, 0.4) is 0 Å². The van der Waals surface area contributed by atoms with Crippen LogP contribution >= 0.6 is 23.2 Å². The summed E-state index contributed by atoms with van der Waals surface area (Å²) in [6.45, 7) is 0. The molecule has 3 aromatic rings. The van der Waals surface area contributed by atoms with Crippen molar-refractivity contribution in [1.29, 1.82) is 0 Å². The van der Waals surface area contributed by atoms with Crippen LogP contribution in [0.25, 0.3) is 11.1 Å². The summed E-state index contributed by atoms with van der Waals surface area (Å²) in [7, 11) is 5.18. The van der Waals surface area contributed by atoms with Gasteiger partial charge in [0.1, 0.15) is 18.1 Å². The molecule has 1 aliphatic heterocycles. The number of halogens is 3. The maximum Gasteiger partial charge on any atom is 0.263 e. The molecule has 0 saturated carbocycles. The highest BCUT2D eigenvalue weighted by Crippen LogP contribution is 2.40. The van der Waals surface area contributed by atoms with Crippen molar-refractivity contribution < 1.29 is 13.9 Å². The second kappa shape index (κ2) is 8.67. The van der Waals surface area contributed by atoms with Crippen molar-refractivity contribution in [2.24, 2.45) is 5.73 Å². The Hall–Kier alpha value is -2.71. The van der Waals surface area contributed by atoms with E-state index in [4.69, 9.17) is 33.7 Å². The van der Waals surface area contributed by atoms with E-state index in [2.05, 4.69) is 4.98 Å². The van der Waals surface area contributed by atoms with Gasteiger partial charge in [0.15, 0.2) is 5.82 Å². The van der Waals surface area contributed by atoms with Gasteiger partial charge >= 0.3 is 0 Å². The van der Waals surface area contributed by atoms with E-state index in [0.29, 0.717) is 16.5 Å². The maximum atomic E-state index is 14.3. The van der Waals surface area contributed by atoms with Crippen LogP contribution < -0.4 is 15.5 Å². The first-order valence-electron chi connectivity index (χ1n) is 9.79. The molecule has 0 aliphatic carbocycles. The fourth-order valence-electron chi connectivity index (χ4n) is 3.48. The number of aromatic nitrogens is 1. The second-order valence-corrected chi connectivity index (χ2v) is 8.50. The molecule has 1 fully saturated rings. The van der Waals surface area contributed by atoms with Crippen LogP contribution in [-0.2, 0) is 4.74 Å². The molecule has 2 aromatic carbocycles. The van der Waals surface area contributed by atoms with Crippen molar-refractivity contribution in [1.82, 2.24) is 4.98 Å². The van der Waals surface area contributed by atoms with Gasteiger partial charge in [0.2, 0.25) is 0 Å². The van der Waals surface area contributed by atoms with E-state index in [1.165, 1.54) is 30.1 Å². The van der Waals surface area contributed by atoms with E-state index < -0.39 is 11.7 Å². The van der Waals surface area contributed by atoms with Crippen molar-refractivity contribution in [2.45, 2.75) is 12.3 Å². The number of hydrogen-bond acceptors (Lipinski definition) is 5. The van der Waals surface area contributed by atoms with Crippen LogP contribution in [0.2, 0.25) is 10.0 Å². The molecule has 1 amide bonds. The predicted octanol–water partition coefficient (Wildman–Crippen LogP) is 4.89. The van der Waals surface area contributed by atoms with Crippen LogP contribution in [0.5, 0.6) is 0 Å². The maximum absolute atomic E-state index is 14.3. The molecule has 1 aliphatic rings. The first-order chi connectivity index (χ1) is 15.2. The Morgan fingerprint density at radius 2 is 1.84 bits per heavy atom. The van der Waals surface area contributed by atoms with E-state index in [9.17, 15) is 9.18 Å². The molecule has 9 heteroatoms. The summed E-state index contributed by atoms with van der Waals surface area (Å²) in [5, 5.41) is 0.582. The van der Waals surface area contributed by atoms with Gasteiger partial charge in [-0.15, -0.1) is 0 Å². The number of nitrogens with zero attached hydrogens (tertiary/aromatic N) is 3. The number of nitrogens with two attached hydrogens (primary N) is 1. The van der Waals surface area contributed by atoms with Gasteiger partial charge in [-0.25, -0.2) is 9.37 Å². The lowest BCUT2D eigenvalue weighted by Gasteiger charge is -2.24. The Kier molecular flexibility index (Phi) is 6.09. The fourth-order valence-corrected chi connectivity index (χ4v) is 3.95. The van der Waals surface area contributed by atoms with Crippen LogP contribution in [0.15, 0.2) is 48.7 Å². The Balaban J connectivity index is 1.74. The molecular formula is C23H21Cl2FN4O2. The second-order valence-electron chi connectivity index (χ2n) is 7.68. The molecule has 0 bridgehead atoms. The molecule has 32 heavy (non-hydrogen) atoms. The molecule has 0 spiro atoms. The number of pyridine rings is 1. The third-order valence-electron chi connectivity index (χ3n) is 5.28. The van der Waals surface area contributed by atoms with E-state index in [1.54, 1.807) is 12.3 Å². The van der Waals surface area contributed by atoms with Gasteiger partial charge < -0.3 is 15.4 Å². The summed E-state index contributed by atoms with van der Waals surface area (Å²) in [4.78, 5) is 20.6. The lowest BCUT2D eigenvalue weighted by Crippen LogP contribution is -2.30. The molecule has 0 radical (unpaired) electrons. The van der Waals surface area contributed by atoms with Gasteiger partial charge in [-0.05, 0) is 35.9 Å². The molecule has 1 aromatic heterocycles. The average molecular weight is 475 g/mol. The number of epoxide rings is 1. The molecule has 6 nitrogen and oxygen atoms in total. The molecule has 2 heterocycles. The summed E-state index contributed by atoms with van der Waals surface area (Å²) >= 11 is 12.5. The van der Waals surface area contributed by atoms with Crippen molar-refractivity contribution in [3.63, 3.8) is 0 Å². The minimum atomic E-state index is -0.693. The predicted molar refractivity (Wildman–Crippen MR) is 125 cm³/mol. The number of carbonyl (C=O) groups excluding carboxylic acids is 1. The van der Waals surface area contributed by atoms with Crippen molar-refractivity contribution in [3.8, 4) is 11.1 Å². The van der Waals surface area contributed by atoms with Gasteiger partial charge in [-0.2, -0.15) is 0 Å². The number of anilines is 2. The summed E-state index contributed by atoms with van der Waals surface area (Å²) in [6.07, 6.45) is 1.15. The summed E-state index contributed by atoms with van der Waals surface area (Å²) in [6, 6.07) is 11.6. The standard InChI is InChI=1S/C23H21Cl2FN4O2/c1-29(2)18-10-13(14-9-12(7-8-15(14)24)20-21(27)32-20)11-28-22(18)30(3)23(31)19-16(25)5-4-6-17(19)26/h4-11,20-21H,27H2,1-3H3. The Morgan fingerprint density at radius 1 is 1.12 bits per heavy atom. The van der Waals surface area contributed by atoms with E-state index in [1.807, 2.05) is 37.2 Å². The van der Waals surface area contributed by atoms with Gasteiger partial charge in [0, 0.05) is 43.5 Å². The highest BCUT2D eigenvalue weighted by Gasteiger charge is 2.37. The highest BCUT2D eigenvalue weighted by atomic mass is 35.5. The quantitative estimate of drug-likeness (QED) is 0.532. The minimum Gasteiger partial charge on any atom is -0.375 e. The van der Waals surface area contributed by atoms with E-state index in [-0.39, 0.29) is 22.9 Å². The monoisotopic (exact) mass is 474 g/mol. The highest BCUT2D eigenvalue weighted by molar-refractivity contribution is 6.34. The number of benzene rings is 2. The topological polar surface area (TPSA) is 75.0 Å². The van der Waals surface area contributed by atoms with Gasteiger partial charge in [-0.1, -0.05) is 35.3 Å². The van der Waals surface area contributed by atoms with Crippen molar-refractivity contribution >= 4 is 40.6 Å². The largest absolute Gasteiger partial charge is 0.375 e. The Morgan fingerprint density at radius 3 is 2.47 bits per heavy atom. The number of carbonyl (C=O) groups is 1. The van der Waals surface area contributed by atoms with Crippen molar-refractivity contribution in [2.75, 3.05) is 30.9 Å². The molecule has 1 saturated heterocycles. The van der Waals surface area contributed by atoms with Crippen LogP contribution in [0, 0.1) is 5.82 Å². The van der Waals surface area contributed by atoms with Gasteiger partial charge in [0.25, 0.3) is 5.91 Å². The minimum absolute atomic E-state index is 0.0361. The SMILES string of the molecule is CN(C)c1cc(-c2cc(C3OC3N)ccc2Cl)cnc1N(C)C(=O)c1c(F)cccc1Cl. The Bertz CT molecular complexity index is 1180. The molecule has 2 atom stereocenters. The lowest BCUT2D eigenvalue weighted by molar-refractivity contribution is 0.0988. The first kappa shape index (κ1) is 22.5. The van der Waals surface area contributed by atoms with E-state index >= 15 is 0 Å². The summed E-state index contributed by atoms with van der Waals surface area (Å²) in [5.41, 5.74) is 8.67. The zero-order chi connectivity index (χ0) is 23.2. The summed E-state index contributed by atoms with van der Waals surface area (Å²) < 4.78 is 19.7. The van der Waals surface area contributed by atoms with E-state index in [0.717, 1.165) is 16.7 Å². The number of ether oxygens (including phenoxy) is 1. The van der Waals surface area contributed by atoms with Crippen LogP contribution in [-0.4, -0.2) is 38.3 Å². The number of hydrogen-bond donors (Lipinski definition) is 1. The zero-order valence-corrected chi connectivity index (χ0v) is 19.2. The third kappa shape index (κ3) is 4.17. The molecule has 166 valence electrons. The number of rotatable bonds is 5. The summed E-state index contributed by atoms with van der Waals surface area (Å²) in [5.74, 6) is -0.944.